The average molecular weight is 309 g/mol. The number of nitrogens with one attached hydrogen (secondary N) is 1. The van der Waals surface area contributed by atoms with Gasteiger partial charge in [0.25, 0.3) is 0 Å². The van der Waals surface area contributed by atoms with Crippen molar-refractivity contribution in [1.82, 2.24) is 5.32 Å². The molecular weight excluding hydrogens is 293 g/mol. The van der Waals surface area contributed by atoms with Gasteiger partial charge >= 0.3 is 0 Å². The summed E-state index contributed by atoms with van der Waals surface area (Å²) in [5.74, 6) is 0. The van der Waals surface area contributed by atoms with Gasteiger partial charge in [-0.1, -0.05) is 27.5 Å². The van der Waals surface area contributed by atoms with Crippen LogP contribution in [0.3, 0.4) is 0 Å². The number of hydrogen-bond acceptors (Lipinski definition) is 3. The third-order valence-corrected chi connectivity index (χ3v) is 3.05. The second-order valence-corrected chi connectivity index (χ2v) is 4.67. The third-order valence-electron chi connectivity index (χ3n) is 2.21. The van der Waals surface area contributed by atoms with Gasteiger partial charge in [-0.2, -0.15) is 0 Å². The Hall–Kier alpha value is -0.130. The van der Waals surface area contributed by atoms with Gasteiger partial charge in [0.15, 0.2) is 0 Å². The minimum Gasteiger partial charge on any atom is -0.394 e. The van der Waals surface area contributed by atoms with Crippen molar-refractivity contribution < 1.29 is 9.84 Å². The molecular formula is C11H15BrClNO2. The summed E-state index contributed by atoms with van der Waals surface area (Å²) in [6.45, 7) is 1.27. The molecule has 1 rings (SSSR count). The SMILES string of the molecule is COCCNC(CO)c1cc(Br)ccc1Cl. The van der Waals surface area contributed by atoms with E-state index in [0.29, 0.717) is 18.2 Å². The summed E-state index contributed by atoms with van der Waals surface area (Å²) in [4.78, 5) is 0. The van der Waals surface area contributed by atoms with Crippen LogP contribution < -0.4 is 5.32 Å². The van der Waals surface area contributed by atoms with Gasteiger partial charge in [0, 0.05) is 23.1 Å². The molecule has 5 heteroatoms. The highest BCUT2D eigenvalue weighted by atomic mass is 79.9. The Bertz CT molecular complexity index is 336. The van der Waals surface area contributed by atoms with Crippen molar-refractivity contribution >= 4 is 27.5 Å². The van der Waals surface area contributed by atoms with Crippen LogP contribution in [0.25, 0.3) is 0 Å². The van der Waals surface area contributed by atoms with Crippen molar-refractivity contribution in [2.24, 2.45) is 0 Å². The van der Waals surface area contributed by atoms with Gasteiger partial charge in [0.05, 0.1) is 19.3 Å². The molecule has 0 aliphatic carbocycles. The predicted molar refractivity (Wildman–Crippen MR) is 68.9 cm³/mol. The van der Waals surface area contributed by atoms with Gasteiger partial charge in [0.1, 0.15) is 0 Å². The molecule has 0 aliphatic rings. The van der Waals surface area contributed by atoms with Crippen LogP contribution in [0.1, 0.15) is 11.6 Å². The highest BCUT2D eigenvalue weighted by molar-refractivity contribution is 9.10. The second-order valence-electron chi connectivity index (χ2n) is 3.35. The lowest BCUT2D eigenvalue weighted by molar-refractivity contribution is 0.184. The van der Waals surface area contributed by atoms with E-state index >= 15 is 0 Å². The maximum atomic E-state index is 9.32. The number of halogens is 2. The normalized spacial score (nSPS) is 12.8. The average Bonchev–Trinajstić information content (AvgIpc) is 2.28. The number of aliphatic hydroxyl groups is 1. The molecule has 16 heavy (non-hydrogen) atoms. The standard InChI is InChI=1S/C11H15BrClNO2/c1-16-5-4-14-11(7-15)9-6-8(12)2-3-10(9)13/h2-3,6,11,14-15H,4-5,7H2,1H3. The zero-order valence-electron chi connectivity index (χ0n) is 9.04. The molecule has 0 saturated heterocycles. The molecule has 0 saturated carbocycles. The van der Waals surface area contributed by atoms with E-state index in [9.17, 15) is 5.11 Å². The summed E-state index contributed by atoms with van der Waals surface area (Å²) in [6.07, 6.45) is 0. The maximum Gasteiger partial charge on any atom is 0.0627 e. The monoisotopic (exact) mass is 307 g/mol. The molecule has 0 bridgehead atoms. The highest BCUT2D eigenvalue weighted by Crippen LogP contribution is 2.26. The van der Waals surface area contributed by atoms with Crippen molar-refractivity contribution in [2.45, 2.75) is 6.04 Å². The topological polar surface area (TPSA) is 41.5 Å². The Morgan fingerprint density at radius 2 is 2.31 bits per heavy atom. The van der Waals surface area contributed by atoms with E-state index < -0.39 is 0 Å². The van der Waals surface area contributed by atoms with Crippen LogP contribution in [-0.2, 0) is 4.74 Å². The van der Waals surface area contributed by atoms with Crippen LogP contribution in [0.4, 0.5) is 0 Å². The third kappa shape index (κ3) is 4.03. The van der Waals surface area contributed by atoms with Crippen molar-refractivity contribution in [3.63, 3.8) is 0 Å². The fourth-order valence-corrected chi connectivity index (χ4v) is 2.02. The molecule has 0 fully saturated rings. The fourth-order valence-electron chi connectivity index (χ4n) is 1.39. The molecule has 0 aromatic heterocycles. The van der Waals surface area contributed by atoms with E-state index in [2.05, 4.69) is 21.2 Å². The number of methoxy groups -OCH3 is 1. The van der Waals surface area contributed by atoms with Crippen LogP contribution in [-0.4, -0.2) is 32.0 Å². The van der Waals surface area contributed by atoms with Crippen molar-refractivity contribution in [2.75, 3.05) is 26.9 Å². The van der Waals surface area contributed by atoms with E-state index in [0.717, 1.165) is 10.0 Å². The lowest BCUT2D eigenvalue weighted by Gasteiger charge is -2.18. The number of aliphatic hydroxyl groups excluding tert-OH is 1. The molecule has 3 nitrogen and oxygen atoms in total. The van der Waals surface area contributed by atoms with Crippen molar-refractivity contribution in [3.05, 3.63) is 33.3 Å². The predicted octanol–water partition coefficient (Wildman–Crippen LogP) is 2.37. The molecule has 90 valence electrons. The molecule has 1 atom stereocenters. The zero-order chi connectivity index (χ0) is 12.0. The molecule has 0 spiro atoms. The molecule has 0 radical (unpaired) electrons. The smallest absolute Gasteiger partial charge is 0.0627 e. The Labute approximate surface area is 109 Å². The first-order valence-electron chi connectivity index (χ1n) is 4.97. The minimum absolute atomic E-state index is 0.000111. The van der Waals surface area contributed by atoms with Crippen molar-refractivity contribution in [1.29, 1.82) is 0 Å². The van der Waals surface area contributed by atoms with Gasteiger partial charge in [-0.3, -0.25) is 0 Å². The minimum atomic E-state index is -0.167. The van der Waals surface area contributed by atoms with Gasteiger partial charge in [-0.05, 0) is 23.8 Å². The summed E-state index contributed by atoms with van der Waals surface area (Å²) < 4.78 is 5.88. The van der Waals surface area contributed by atoms with Crippen LogP contribution >= 0.6 is 27.5 Å². The van der Waals surface area contributed by atoms with Gasteiger partial charge in [-0.25, -0.2) is 0 Å². The zero-order valence-corrected chi connectivity index (χ0v) is 11.4. The Balaban J connectivity index is 2.73. The lowest BCUT2D eigenvalue weighted by Crippen LogP contribution is -2.27. The maximum absolute atomic E-state index is 9.32. The van der Waals surface area contributed by atoms with Crippen LogP contribution in [0.5, 0.6) is 0 Å². The number of ether oxygens (including phenoxy) is 1. The highest BCUT2D eigenvalue weighted by Gasteiger charge is 2.13. The van der Waals surface area contributed by atoms with Crippen LogP contribution in [0.15, 0.2) is 22.7 Å². The van der Waals surface area contributed by atoms with Gasteiger partial charge < -0.3 is 15.2 Å². The molecule has 1 aromatic rings. The van der Waals surface area contributed by atoms with E-state index in [1.54, 1.807) is 7.11 Å². The lowest BCUT2D eigenvalue weighted by atomic mass is 10.1. The first-order chi connectivity index (χ1) is 7.69. The molecule has 0 amide bonds. The Kier molecular flexibility index (Phi) is 6.31. The van der Waals surface area contributed by atoms with E-state index in [-0.39, 0.29) is 12.6 Å². The summed E-state index contributed by atoms with van der Waals surface area (Å²) in [5, 5.41) is 13.1. The molecule has 2 N–H and O–H groups in total. The van der Waals surface area contributed by atoms with E-state index in [4.69, 9.17) is 16.3 Å². The van der Waals surface area contributed by atoms with Crippen LogP contribution in [0.2, 0.25) is 5.02 Å². The molecule has 1 unspecified atom stereocenters. The summed E-state index contributed by atoms with van der Waals surface area (Å²) in [6, 6.07) is 5.42. The first kappa shape index (κ1) is 13.9. The fraction of sp³-hybridized carbons (Fsp3) is 0.455. The summed E-state index contributed by atoms with van der Waals surface area (Å²) >= 11 is 9.46. The number of hydrogen-bond donors (Lipinski definition) is 2. The quantitative estimate of drug-likeness (QED) is 0.793. The van der Waals surface area contributed by atoms with Gasteiger partial charge in [-0.15, -0.1) is 0 Å². The Morgan fingerprint density at radius 3 is 2.94 bits per heavy atom. The van der Waals surface area contributed by atoms with Crippen LogP contribution in [0, 0.1) is 0 Å². The largest absolute Gasteiger partial charge is 0.394 e. The van der Waals surface area contributed by atoms with Gasteiger partial charge in [0.2, 0.25) is 0 Å². The molecule has 0 heterocycles. The number of rotatable bonds is 6. The molecule has 1 aromatic carbocycles. The second kappa shape index (κ2) is 7.25. The summed E-state index contributed by atoms with van der Waals surface area (Å²) in [7, 11) is 1.64. The number of benzene rings is 1. The Morgan fingerprint density at radius 1 is 1.56 bits per heavy atom. The van der Waals surface area contributed by atoms with E-state index in [1.807, 2.05) is 18.2 Å². The first-order valence-corrected chi connectivity index (χ1v) is 6.14. The summed E-state index contributed by atoms with van der Waals surface area (Å²) in [5.41, 5.74) is 0.884. The van der Waals surface area contributed by atoms with Crippen molar-refractivity contribution in [3.8, 4) is 0 Å². The molecule has 0 aliphatic heterocycles. The van der Waals surface area contributed by atoms with E-state index in [1.165, 1.54) is 0 Å².